The number of thioether (sulfide) groups is 2. The molecule has 8 heteroatoms. The van der Waals surface area contributed by atoms with Crippen LogP contribution in [0.25, 0.3) is 0 Å². The van der Waals surface area contributed by atoms with Gasteiger partial charge in [-0.1, -0.05) is 49.5 Å². The van der Waals surface area contributed by atoms with Crippen molar-refractivity contribution in [2.75, 3.05) is 12.1 Å². The van der Waals surface area contributed by atoms with Crippen LogP contribution in [0.4, 0.5) is 5.69 Å². The number of rotatable bonds is 3. The van der Waals surface area contributed by atoms with Crippen molar-refractivity contribution in [3.05, 3.63) is 51.4 Å². The monoisotopic (exact) mass is 401 g/mol. The Morgan fingerprint density at radius 3 is 2.74 bits per heavy atom. The van der Waals surface area contributed by atoms with Crippen molar-refractivity contribution in [3.8, 4) is 6.07 Å². The quantitative estimate of drug-likeness (QED) is 0.767. The maximum atomic E-state index is 12.5. The molecule has 1 aromatic carbocycles. The number of anilines is 1. The van der Waals surface area contributed by atoms with Crippen molar-refractivity contribution in [1.82, 2.24) is 9.78 Å². The molecule has 6 nitrogen and oxygen atoms in total. The number of nitriles is 1. The van der Waals surface area contributed by atoms with E-state index >= 15 is 0 Å². The van der Waals surface area contributed by atoms with Gasteiger partial charge in [-0.3, -0.25) is 9.80 Å². The summed E-state index contributed by atoms with van der Waals surface area (Å²) in [7, 11) is 1.81. The minimum absolute atomic E-state index is 0.0992. The summed E-state index contributed by atoms with van der Waals surface area (Å²) in [5.41, 5.74) is 3.33. The average molecular weight is 402 g/mol. The number of aryl methyl sites for hydroxylation is 2. The van der Waals surface area contributed by atoms with Crippen molar-refractivity contribution >= 4 is 33.6 Å². The number of hydrogen-bond donors (Lipinski definition) is 0. The number of hydrogen-bond acceptors (Lipinski definition) is 7. The first-order chi connectivity index (χ1) is 13.0. The van der Waals surface area contributed by atoms with E-state index in [1.807, 2.05) is 52.9 Å². The Morgan fingerprint density at radius 1 is 1.33 bits per heavy atom. The Labute approximate surface area is 168 Å². The fourth-order valence-electron chi connectivity index (χ4n) is 2.42. The van der Waals surface area contributed by atoms with Gasteiger partial charge in [0.05, 0.1) is 23.5 Å². The molecule has 27 heavy (non-hydrogen) atoms. The highest BCUT2D eigenvalue weighted by Gasteiger charge is 2.23. The second-order valence-electron chi connectivity index (χ2n) is 5.53. The minimum Gasteiger partial charge on any atom is -0.266 e. The van der Waals surface area contributed by atoms with Crippen molar-refractivity contribution < 1.29 is 0 Å². The lowest BCUT2D eigenvalue weighted by Gasteiger charge is -2.23. The molecular formula is C19H23N5OS2. The van der Waals surface area contributed by atoms with E-state index in [0.29, 0.717) is 22.8 Å². The maximum Gasteiger partial charge on any atom is 0.283 e. The van der Waals surface area contributed by atoms with Crippen molar-refractivity contribution in [3.63, 3.8) is 0 Å². The molecule has 0 atom stereocenters. The summed E-state index contributed by atoms with van der Waals surface area (Å²) < 4.78 is 2.23. The molecule has 1 aliphatic rings. The van der Waals surface area contributed by atoms with E-state index in [0.717, 1.165) is 21.2 Å². The zero-order valence-corrected chi connectivity index (χ0v) is 17.8. The maximum absolute atomic E-state index is 12.5. The molecule has 0 radical (unpaired) electrons. The molecule has 1 aliphatic heterocycles. The lowest BCUT2D eigenvalue weighted by Crippen LogP contribution is -2.28. The highest BCUT2D eigenvalue weighted by molar-refractivity contribution is 8.38. The third-order valence-electron chi connectivity index (χ3n) is 3.79. The van der Waals surface area contributed by atoms with Crippen LogP contribution in [-0.4, -0.2) is 21.2 Å². The van der Waals surface area contributed by atoms with Crippen molar-refractivity contribution in [1.29, 1.82) is 5.26 Å². The summed E-state index contributed by atoms with van der Waals surface area (Å²) in [5.74, 6) is 0.630. The van der Waals surface area contributed by atoms with Gasteiger partial charge in [-0.25, -0.2) is 4.68 Å². The zero-order valence-electron chi connectivity index (χ0n) is 16.2. The van der Waals surface area contributed by atoms with Crippen LogP contribution >= 0.6 is 23.5 Å². The molecule has 0 aliphatic carbocycles. The molecule has 0 amide bonds. The van der Waals surface area contributed by atoms with Crippen LogP contribution in [0, 0.1) is 18.3 Å². The lowest BCUT2D eigenvalue weighted by molar-refractivity contribution is 0.601. The molecule has 3 rings (SSSR count). The van der Waals surface area contributed by atoms with E-state index < -0.39 is 0 Å². The summed E-state index contributed by atoms with van der Waals surface area (Å²) in [4.78, 5) is 13.1. The van der Waals surface area contributed by atoms with Gasteiger partial charge in [0.15, 0.2) is 4.38 Å². The van der Waals surface area contributed by atoms with Gasteiger partial charge in [0, 0.05) is 19.3 Å². The molecule has 0 spiro atoms. The first-order valence-electron chi connectivity index (χ1n) is 8.76. The summed E-state index contributed by atoms with van der Waals surface area (Å²) in [6, 6.07) is 8.10. The van der Waals surface area contributed by atoms with Crippen LogP contribution in [0.3, 0.4) is 0 Å². The van der Waals surface area contributed by atoms with E-state index in [2.05, 4.69) is 16.3 Å². The summed E-state index contributed by atoms with van der Waals surface area (Å²) in [6.45, 7) is 8.39. The summed E-state index contributed by atoms with van der Waals surface area (Å²) >= 11 is 2.89. The standard InChI is InChI=1S/C17H17N5OS2.C2H6/c1-4-22-16(23)15-14(9-19-22)21(3)20-17(25-15)24-10-12-6-5-11(2)7-13(12)8-18;1-2/h5-7,9H,4,10H2,1-3H3;1-2H3. The van der Waals surface area contributed by atoms with Gasteiger partial charge >= 0.3 is 0 Å². The topological polar surface area (TPSA) is 74.3 Å². The van der Waals surface area contributed by atoms with Crippen LogP contribution in [0.5, 0.6) is 0 Å². The fourth-order valence-corrected chi connectivity index (χ4v) is 4.61. The molecule has 1 aromatic heterocycles. The molecule has 0 fully saturated rings. The Hall–Kier alpha value is -2.24. The van der Waals surface area contributed by atoms with Gasteiger partial charge in [-0.2, -0.15) is 15.5 Å². The van der Waals surface area contributed by atoms with E-state index in [1.165, 1.54) is 28.2 Å². The van der Waals surface area contributed by atoms with Gasteiger partial charge < -0.3 is 0 Å². The summed E-state index contributed by atoms with van der Waals surface area (Å²) in [5, 5.41) is 19.6. The fraction of sp³-hybridized carbons (Fsp3) is 0.368. The van der Waals surface area contributed by atoms with Crippen LogP contribution in [-0.2, 0) is 12.3 Å². The predicted molar refractivity (Wildman–Crippen MR) is 114 cm³/mol. The van der Waals surface area contributed by atoms with Gasteiger partial charge in [0.25, 0.3) is 5.56 Å². The predicted octanol–water partition coefficient (Wildman–Crippen LogP) is 4.22. The molecule has 2 heterocycles. The minimum atomic E-state index is -0.0992. The van der Waals surface area contributed by atoms with Gasteiger partial charge in [0.1, 0.15) is 4.90 Å². The number of benzene rings is 1. The first kappa shape index (κ1) is 21.1. The second-order valence-corrected chi connectivity index (χ2v) is 7.75. The highest BCUT2D eigenvalue weighted by Crippen LogP contribution is 2.36. The molecule has 2 aromatic rings. The molecule has 0 bridgehead atoms. The van der Waals surface area contributed by atoms with Crippen LogP contribution in [0.1, 0.15) is 37.5 Å². The number of fused-ring (bicyclic) bond motifs is 1. The molecule has 0 N–H and O–H groups in total. The number of nitrogens with zero attached hydrogens (tertiary/aromatic N) is 5. The molecule has 142 valence electrons. The second kappa shape index (κ2) is 9.62. The Morgan fingerprint density at radius 2 is 2.07 bits per heavy atom. The van der Waals surface area contributed by atoms with E-state index in [-0.39, 0.29) is 5.56 Å². The number of hydrazone groups is 1. The van der Waals surface area contributed by atoms with Gasteiger partial charge in [0.2, 0.25) is 0 Å². The van der Waals surface area contributed by atoms with Gasteiger partial charge in [-0.05, 0) is 31.0 Å². The van der Waals surface area contributed by atoms with E-state index in [4.69, 9.17) is 0 Å². The summed E-state index contributed by atoms with van der Waals surface area (Å²) in [6.07, 6.45) is 1.67. The molecule has 0 saturated heterocycles. The Bertz CT molecular complexity index is 946. The smallest absolute Gasteiger partial charge is 0.266 e. The number of aromatic nitrogens is 2. The Kier molecular flexibility index (Phi) is 7.51. The average Bonchev–Trinajstić information content (AvgIpc) is 2.69. The molecule has 0 unspecified atom stereocenters. The van der Waals surface area contributed by atoms with Crippen LogP contribution in [0.15, 0.2) is 39.2 Å². The van der Waals surface area contributed by atoms with E-state index in [1.54, 1.807) is 11.2 Å². The van der Waals surface area contributed by atoms with Gasteiger partial charge in [-0.15, -0.1) is 0 Å². The van der Waals surface area contributed by atoms with Crippen molar-refractivity contribution in [2.24, 2.45) is 5.10 Å². The molecule has 0 saturated carbocycles. The third-order valence-corrected chi connectivity index (χ3v) is 6.02. The zero-order chi connectivity index (χ0) is 20.0. The van der Waals surface area contributed by atoms with Crippen molar-refractivity contribution in [2.45, 2.75) is 44.9 Å². The molecular weight excluding hydrogens is 378 g/mol. The largest absolute Gasteiger partial charge is 0.283 e. The SMILES string of the molecule is CC.CCn1ncc2c(c1=O)SC(SCc1ccc(C)cc1C#N)=NN2C. The van der Waals surface area contributed by atoms with E-state index in [9.17, 15) is 10.1 Å². The van der Waals surface area contributed by atoms with Crippen LogP contribution < -0.4 is 10.6 Å². The first-order valence-corrected chi connectivity index (χ1v) is 10.6. The highest BCUT2D eigenvalue weighted by atomic mass is 32.2. The lowest BCUT2D eigenvalue weighted by atomic mass is 10.1. The normalized spacial score (nSPS) is 12.4. The Balaban J connectivity index is 0.00000126. The van der Waals surface area contributed by atoms with Crippen LogP contribution in [0.2, 0.25) is 0 Å². The third kappa shape index (κ3) is 4.73.